The fourth-order valence-electron chi connectivity index (χ4n) is 2.74. The minimum absolute atomic E-state index is 0.0409. The number of benzene rings is 1. The van der Waals surface area contributed by atoms with E-state index in [4.69, 9.17) is 0 Å². The van der Waals surface area contributed by atoms with Gasteiger partial charge < -0.3 is 15.5 Å². The van der Waals surface area contributed by atoms with Crippen LogP contribution >= 0.6 is 0 Å². The molecule has 2 amide bonds. The summed E-state index contributed by atoms with van der Waals surface area (Å²) in [7, 11) is 3.33. The Hall–Kier alpha value is -1.92. The van der Waals surface area contributed by atoms with Gasteiger partial charge in [-0.1, -0.05) is 19.3 Å². The van der Waals surface area contributed by atoms with E-state index in [1.807, 2.05) is 0 Å². The minimum Gasteiger partial charge on any atom is -0.378 e. The van der Waals surface area contributed by atoms with Gasteiger partial charge in [-0.05, 0) is 31.0 Å². The third-order valence-electron chi connectivity index (χ3n) is 4.01. The highest BCUT2D eigenvalue weighted by Crippen LogP contribution is 2.37. The predicted octanol–water partition coefficient (Wildman–Crippen LogP) is 4.23. The van der Waals surface area contributed by atoms with Gasteiger partial charge in [-0.2, -0.15) is 13.2 Å². The topological polar surface area (TPSA) is 44.4 Å². The van der Waals surface area contributed by atoms with E-state index in [2.05, 4.69) is 10.6 Å². The Bertz CT molecular complexity index is 552. The smallest absolute Gasteiger partial charge is 0.378 e. The van der Waals surface area contributed by atoms with Crippen LogP contribution in [0.15, 0.2) is 18.2 Å². The van der Waals surface area contributed by atoms with Crippen molar-refractivity contribution in [2.45, 2.75) is 44.3 Å². The molecule has 0 bridgehead atoms. The Balaban J connectivity index is 2.13. The highest BCUT2D eigenvalue weighted by atomic mass is 19.4. The number of urea groups is 1. The number of hydrogen-bond acceptors (Lipinski definition) is 2. The molecule has 23 heavy (non-hydrogen) atoms. The average Bonchev–Trinajstić information content (AvgIpc) is 2.47. The van der Waals surface area contributed by atoms with Crippen LogP contribution in [-0.2, 0) is 6.18 Å². The maximum atomic E-state index is 13.2. The zero-order chi connectivity index (χ0) is 17.0. The molecule has 1 fully saturated rings. The molecule has 0 unspecified atom stereocenters. The van der Waals surface area contributed by atoms with Crippen molar-refractivity contribution in [3.63, 3.8) is 0 Å². The van der Waals surface area contributed by atoms with Crippen LogP contribution in [0.4, 0.5) is 29.3 Å². The van der Waals surface area contributed by atoms with Crippen LogP contribution < -0.4 is 15.5 Å². The number of halogens is 3. The Labute approximate surface area is 134 Å². The number of nitrogens with zero attached hydrogens (tertiary/aromatic N) is 1. The van der Waals surface area contributed by atoms with Gasteiger partial charge in [0.1, 0.15) is 0 Å². The Morgan fingerprint density at radius 1 is 1.17 bits per heavy atom. The molecule has 7 heteroatoms. The van der Waals surface area contributed by atoms with Crippen molar-refractivity contribution < 1.29 is 18.0 Å². The average molecular weight is 329 g/mol. The summed E-state index contributed by atoms with van der Waals surface area (Å²) in [6, 6.07) is 3.33. The minimum atomic E-state index is -4.53. The fraction of sp³-hybridized carbons (Fsp3) is 0.562. The van der Waals surface area contributed by atoms with Crippen LogP contribution in [0.5, 0.6) is 0 Å². The number of hydrogen-bond donors (Lipinski definition) is 2. The first-order chi connectivity index (χ1) is 10.8. The normalized spacial score (nSPS) is 16.0. The molecule has 1 aliphatic carbocycles. The van der Waals surface area contributed by atoms with E-state index < -0.39 is 17.8 Å². The number of amides is 2. The summed E-state index contributed by atoms with van der Waals surface area (Å²) >= 11 is 0. The lowest BCUT2D eigenvalue weighted by Crippen LogP contribution is -2.39. The molecule has 0 heterocycles. The molecule has 0 radical (unpaired) electrons. The Morgan fingerprint density at radius 2 is 1.83 bits per heavy atom. The molecular formula is C16H22F3N3O. The molecule has 1 saturated carbocycles. The lowest BCUT2D eigenvalue weighted by molar-refractivity contribution is -0.136. The van der Waals surface area contributed by atoms with Crippen molar-refractivity contribution in [1.29, 1.82) is 0 Å². The van der Waals surface area contributed by atoms with E-state index in [1.54, 1.807) is 25.1 Å². The standard InChI is InChI=1S/C16H22F3N3O/c1-22(2)12-8-9-14(13(10-12)16(17,18)19)21-15(23)20-11-6-4-3-5-7-11/h8-11H,3-7H2,1-2H3,(H2,20,21,23). The molecule has 1 aromatic rings. The van der Waals surface area contributed by atoms with Crippen molar-refractivity contribution in [1.82, 2.24) is 5.32 Å². The summed E-state index contributed by atoms with van der Waals surface area (Å²) in [4.78, 5) is 13.6. The highest BCUT2D eigenvalue weighted by molar-refractivity contribution is 5.90. The SMILES string of the molecule is CN(C)c1ccc(NC(=O)NC2CCCCC2)c(C(F)(F)F)c1. The lowest BCUT2D eigenvalue weighted by Gasteiger charge is -2.24. The third kappa shape index (κ3) is 4.77. The number of rotatable bonds is 3. The second kappa shape index (κ2) is 7.10. The van der Waals surface area contributed by atoms with Crippen molar-refractivity contribution in [3.05, 3.63) is 23.8 Å². The molecule has 1 aromatic carbocycles. The molecule has 4 nitrogen and oxygen atoms in total. The van der Waals surface area contributed by atoms with Gasteiger partial charge in [0, 0.05) is 25.8 Å². The first-order valence-electron chi connectivity index (χ1n) is 7.73. The largest absolute Gasteiger partial charge is 0.418 e. The molecule has 0 aromatic heterocycles. The van der Waals surface area contributed by atoms with Crippen molar-refractivity contribution in [2.75, 3.05) is 24.3 Å². The molecule has 0 atom stereocenters. The number of alkyl halides is 3. The molecule has 0 saturated heterocycles. The van der Waals surface area contributed by atoms with E-state index in [0.717, 1.165) is 38.2 Å². The summed E-state index contributed by atoms with van der Waals surface area (Å²) in [6.07, 6.45) is 0.439. The molecule has 2 N–H and O–H groups in total. The van der Waals surface area contributed by atoms with Gasteiger partial charge in [0.2, 0.25) is 0 Å². The summed E-state index contributed by atoms with van der Waals surface area (Å²) in [5.74, 6) is 0. The quantitative estimate of drug-likeness (QED) is 0.872. The van der Waals surface area contributed by atoms with Crippen LogP contribution in [0.25, 0.3) is 0 Å². The van der Waals surface area contributed by atoms with Crippen LogP contribution in [0, 0.1) is 0 Å². The number of carbonyl (C=O) groups is 1. The molecule has 2 rings (SSSR count). The molecule has 0 aliphatic heterocycles. The van der Waals surface area contributed by atoms with Gasteiger partial charge in [-0.3, -0.25) is 0 Å². The highest BCUT2D eigenvalue weighted by Gasteiger charge is 2.34. The second-order valence-corrected chi connectivity index (χ2v) is 6.06. The fourth-order valence-corrected chi connectivity index (χ4v) is 2.74. The molecular weight excluding hydrogens is 307 g/mol. The van der Waals surface area contributed by atoms with E-state index >= 15 is 0 Å². The van der Waals surface area contributed by atoms with Crippen molar-refractivity contribution in [2.24, 2.45) is 0 Å². The van der Waals surface area contributed by atoms with Gasteiger partial charge in [-0.25, -0.2) is 4.79 Å². The van der Waals surface area contributed by atoms with E-state index in [9.17, 15) is 18.0 Å². The second-order valence-electron chi connectivity index (χ2n) is 6.06. The molecule has 0 spiro atoms. The van der Waals surface area contributed by atoms with Gasteiger partial charge in [-0.15, -0.1) is 0 Å². The number of nitrogens with one attached hydrogen (secondary N) is 2. The summed E-state index contributed by atoms with van der Waals surface area (Å²) in [5, 5.41) is 5.10. The predicted molar refractivity (Wildman–Crippen MR) is 84.8 cm³/mol. The van der Waals surface area contributed by atoms with E-state index in [-0.39, 0.29) is 11.7 Å². The monoisotopic (exact) mass is 329 g/mol. The summed E-state index contributed by atoms with van der Waals surface area (Å²) < 4.78 is 39.6. The van der Waals surface area contributed by atoms with Crippen LogP contribution in [-0.4, -0.2) is 26.2 Å². The van der Waals surface area contributed by atoms with E-state index in [1.165, 1.54) is 6.07 Å². The van der Waals surface area contributed by atoms with Crippen LogP contribution in [0.2, 0.25) is 0 Å². The molecule has 128 valence electrons. The maximum absolute atomic E-state index is 13.2. The number of carbonyl (C=O) groups excluding carboxylic acids is 1. The van der Waals surface area contributed by atoms with Gasteiger partial charge in [0.05, 0.1) is 11.3 Å². The first-order valence-corrected chi connectivity index (χ1v) is 7.73. The Kier molecular flexibility index (Phi) is 5.38. The van der Waals surface area contributed by atoms with Crippen molar-refractivity contribution in [3.8, 4) is 0 Å². The van der Waals surface area contributed by atoms with Crippen molar-refractivity contribution >= 4 is 17.4 Å². The number of anilines is 2. The van der Waals surface area contributed by atoms with Gasteiger partial charge in [0.15, 0.2) is 0 Å². The van der Waals surface area contributed by atoms with E-state index in [0.29, 0.717) is 5.69 Å². The summed E-state index contributed by atoms with van der Waals surface area (Å²) in [5.41, 5.74) is -0.644. The maximum Gasteiger partial charge on any atom is 0.418 e. The lowest BCUT2D eigenvalue weighted by atomic mass is 9.96. The first kappa shape index (κ1) is 17.4. The van der Waals surface area contributed by atoms with Gasteiger partial charge in [0.25, 0.3) is 0 Å². The van der Waals surface area contributed by atoms with Gasteiger partial charge >= 0.3 is 12.2 Å². The zero-order valence-electron chi connectivity index (χ0n) is 13.3. The summed E-state index contributed by atoms with van der Waals surface area (Å²) in [6.45, 7) is 0. The van der Waals surface area contributed by atoms with Crippen LogP contribution in [0.1, 0.15) is 37.7 Å². The zero-order valence-corrected chi connectivity index (χ0v) is 13.3. The Morgan fingerprint density at radius 3 is 2.39 bits per heavy atom. The molecule has 1 aliphatic rings. The third-order valence-corrected chi connectivity index (χ3v) is 4.01. The van der Waals surface area contributed by atoms with Crippen LogP contribution in [0.3, 0.4) is 0 Å².